The van der Waals surface area contributed by atoms with Crippen molar-refractivity contribution in [2.75, 3.05) is 6.61 Å². The minimum absolute atomic E-state index is 0.327. The molecular weight excluding hydrogens is 271 g/mol. The second-order valence-corrected chi connectivity index (χ2v) is 3.42. The van der Waals surface area contributed by atoms with Crippen molar-refractivity contribution in [3.8, 4) is 0 Å². The first-order valence-corrected chi connectivity index (χ1v) is 5.25. The third-order valence-corrected chi connectivity index (χ3v) is 2.13. The zero-order valence-electron chi connectivity index (χ0n) is 9.78. The predicted molar refractivity (Wildman–Crippen MR) is 55.9 cm³/mol. The van der Waals surface area contributed by atoms with E-state index in [1.54, 1.807) is 13.0 Å². The standard InChI is InChI=1S/C12H9F5O2/c1-2-3-4-5-19-12(18)6-7(13)9(15)11(17)10(16)8(6)14/h3-4H,2,5H2,1H3/b4-3-. The van der Waals surface area contributed by atoms with E-state index in [-0.39, 0.29) is 6.61 Å². The predicted octanol–water partition coefficient (Wildman–Crippen LogP) is 3.51. The lowest BCUT2D eigenvalue weighted by Crippen LogP contribution is -2.15. The smallest absolute Gasteiger partial charge is 0.344 e. The molecule has 0 spiro atoms. The molecular formula is C12H9F5O2. The summed E-state index contributed by atoms with van der Waals surface area (Å²) in [5.41, 5.74) is -1.60. The number of hydrogen-bond acceptors (Lipinski definition) is 2. The molecule has 1 aromatic rings. The van der Waals surface area contributed by atoms with E-state index in [0.29, 0.717) is 6.42 Å². The molecule has 0 N–H and O–H groups in total. The van der Waals surface area contributed by atoms with E-state index in [9.17, 15) is 26.7 Å². The Bertz CT molecular complexity index is 496. The Labute approximate surface area is 105 Å². The lowest BCUT2D eigenvalue weighted by Gasteiger charge is -2.07. The molecule has 0 bridgehead atoms. The van der Waals surface area contributed by atoms with E-state index in [2.05, 4.69) is 4.74 Å². The molecule has 1 aromatic carbocycles. The third kappa shape index (κ3) is 3.10. The summed E-state index contributed by atoms with van der Waals surface area (Å²) in [6.45, 7) is 1.47. The van der Waals surface area contributed by atoms with Crippen LogP contribution in [0.15, 0.2) is 12.2 Å². The van der Waals surface area contributed by atoms with Gasteiger partial charge >= 0.3 is 5.97 Å². The molecule has 0 fully saturated rings. The number of hydrogen-bond donors (Lipinski definition) is 0. The zero-order chi connectivity index (χ0) is 14.6. The third-order valence-electron chi connectivity index (χ3n) is 2.13. The maximum atomic E-state index is 13.2. The first kappa shape index (κ1) is 15.1. The quantitative estimate of drug-likeness (QED) is 0.277. The van der Waals surface area contributed by atoms with E-state index < -0.39 is 40.6 Å². The van der Waals surface area contributed by atoms with Gasteiger partial charge in [0, 0.05) is 0 Å². The molecule has 0 saturated heterocycles. The maximum absolute atomic E-state index is 13.2. The van der Waals surface area contributed by atoms with Crippen LogP contribution in [0.3, 0.4) is 0 Å². The van der Waals surface area contributed by atoms with Crippen molar-refractivity contribution in [2.24, 2.45) is 0 Å². The Hall–Kier alpha value is -1.92. The van der Waals surface area contributed by atoms with E-state index >= 15 is 0 Å². The fraction of sp³-hybridized carbons (Fsp3) is 0.250. The van der Waals surface area contributed by atoms with Gasteiger partial charge in [0.1, 0.15) is 12.2 Å². The highest BCUT2D eigenvalue weighted by atomic mass is 19.2. The van der Waals surface area contributed by atoms with Crippen LogP contribution in [0.5, 0.6) is 0 Å². The number of rotatable bonds is 4. The summed E-state index contributed by atoms with van der Waals surface area (Å²) in [5, 5.41) is 0. The van der Waals surface area contributed by atoms with E-state index in [1.165, 1.54) is 6.08 Å². The monoisotopic (exact) mass is 280 g/mol. The summed E-state index contributed by atoms with van der Waals surface area (Å²) in [6, 6.07) is 0. The molecule has 0 atom stereocenters. The normalized spacial score (nSPS) is 11.1. The molecule has 7 heteroatoms. The van der Waals surface area contributed by atoms with Crippen LogP contribution in [-0.2, 0) is 4.74 Å². The molecule has 1 rings (SSSR count). The van der Waals surface area contributed by atoms with Crippen molar-refractivity contribution >= 4 is 5.97 Å². The van der Waals surface area contributed by atoms with Crippen molar-refractivity contribution < 1.29 is 31.5 Å². The molecule has 0 unspecified atom stereocenters. The molecule has 0 aliphatic carbocycles. The Balaban J connectivity index is 3.07. The molecule has 19 heavy (non-hydrogen) atoms. The Morgan fingerprint density at radius 3 is 1.89 bits per heavy atom. The SMILES string of the molecule is CC/C=C\COC(=O)c1c(F)c(F)c(F)c(F)c1F. The highest BCUT2D eigenvalue weighted by Gasteiger charge is 2.30. The Kier molecular flexibility index (Phi) is 5.02. The van der Waals surface area contributed by atoms with Gasteiger partial charge in [0.2, 0.25) is 5.82 Å². The summed E-state index contributed by atoms with van der Waals surface area (Å²) < 4.78 is 69.1. The molecule has 2 nitrogen and oxygen atoms in total. The van der Waals surface area contributed by atoms with E-state index in [0.717, 1.165) is 0 Å². The van der Waals surface area contributed by atoms with Crippen LogP contribution in [0, 0.1) is 29.1 Å². The Morgan fingerprint density at radius 2 is 1.42 bits per heavy atom. The maximum Gasteiger partial charge on any atom is 0.344 e. The first-order valence-electron chi connectivity index (χ1n) is 5.25. The molecule has 104 valence electrons. The fourth-order valence-corrected chi connectivity index (χ4v) is 1.21. The van der Waals surface area contributed by atoms with Gasteiger partial charge in [-0.2, -0.15) is 0 Å². The largest absolute Gasteiger partial charge is 0.458 e. The van der Waals surface area contributed by atoms with Crippen molar-refractivity contribution in [1.82, 2.24) is 0 Å². The number of halogens is 5. The summed E-state index contributed by atoms with van der Waals surface area (Å²) in [5.74, 6) is -12.7. The number of allylic oxidation sites excluding steroid dienone is 1. The molecule has 0 aliphatic rings. The number of carbonyl (C=O) groups is 1. The Morgan fingerprint density at radius 1 is 0.947 bits per heavy atom. The van der Waals surface area contributed by atoms with Gasteiger partial charge in [-0.05, 0) is 6.42 Å². The number of carbonyl (C=O) groups excluding carboxylic acids is 1. The topological polar surface area (TPSA) is 26.3 Å². The van der Waals surface area contributed by atoms with E-state index in [1.807, 2.05) is 0 Å². The van der Waals surface area contributed by atoms with Crippen LogP contribution < -0.4 is 0 Å². The highest BCUT2D eigenvalue weighted by Crippen LogP contribution is 2.23. The van der Waals surface area contributed by atoms with Crippen LogP contribution in [0.25, 0.3) is 0 Å². The molecule has 0 amide bonds. The molecule has 0 radical (unpaired) electrons. The lowest BCUT2D eigenvalue weighted by molar-refractivity contribution is 0.0534. The minimum atomic E-state index is -2.32. The van der Waals surface area contributed by atoms with Crippen molar-refractivity contribution in [2.45, 2.75) is 13.3 Å². The van der Waals surface area contributed by atoms with Gasteiger partial charge in [-0.1, -0.05) is 19.1 Å². The first-order chi connectivity index (χ1) is 8.91. The van der Waals surface area contributed by atoms with Gasteiger partial charge in [-0.3, -0.25) is 0 Å². The molecule has 0 heterocycles. The van der Waals surface area contributed by atoms with Crippen molar-refractivity contribution in [3.05, 3.63) is 46.8 Å². The summed E-state index contributed by atoms with van der Waals surface area (Å²) >= 11 is 0. The van der Waals surface area contributed by atoms with Gasteiger partial charge in [-0.15, -0.1) is 0 Å². The van der Waals surface area contributed by atoms with E-state index in [4.69, 9.17) is 0 Å². The van der Waals surface area contributed by atoms with Crippen LogP contribution in [0.1, 0.15) is 23.7 Å². The van der Waals surface area contributed by atoms with Gasteiger partial charge in [-0.25, -0.2) is 26.7 Å². The lowest BCUT2D eigenvalue weighted by atomic mass is 10.1. The minimum Gasteiger partial charge on any atom is -0.458 e. The highest BCUT2D eigenvalue weighted by molar-refractivity contribution is 5.90. The van der Waals surface area contributed by atoms with Gasteiger partial charge in [0.05, 0.1) is 0 Å². The summed E-state index contributed by atoms with van der Waals surface area (Å²) in [4.78, 5) is 11.3. The number of esters is 1. The molecule has 0 aromatic heterocycles. The van der Waals surface area contributed by atoms with Crippen molar-refractivity contribution in [3.63, 3.8) is 0 Å². The van der Waals surface area contributed by atoms with Crippen LogP contribution in [0.2, 0.25) is 0 Å². The van der Waals surface area contributed by atoms with Crippen LogP contribution >= 0.6 is 0 Å². The summed E-state index contributed by atoms with van der Waals surface area (Å²) in [6.07, 6.45) is 3.62. The van der Waals surface area contributed by atoms with Crippen molar-refractivity contribution in [1.29, 1.82) is 0 Å². The van der Waals surface area contributed by atoms with Gasteiger partial charge < -0.3 is 4.74 Å². The number of benzene rings is 1. The second-order valence-electron chi connectivity index (χ2n) is 3.42. The fourth-order valence-electron chi connectivity index (χ4n) is 1.21. The molecule has 0 saturated carbocycles. The second kappa shape index (κ2) is 6.31. The molecule has 0 aliphatic heterocycles. The van der Waals surface area contributed by atoms with Gasteiger partial charge in [0.15, 0.2) is 23.3 Å². The van der Waals surface area contributed by atoms with Crippen LogP contribution in [-0.4, -0.2) is 12.6 Å². The zero-order valence-corrected chi connectivity index (χ0v) is 9.78. The van der Waals surface area contributed by atoms with Crippen LogP contribution in [0.4, 0.5) is 22.0 Å². The average molecular weight is 280 g/mol. The van der Waals surface area contributed by atoms with Gasteiger partial charge in [0.25, 0.3) is 0 Å². The number of ether oxygens (including phenoxy) is 1. The average Bonchev–Trinajstić information content (AvgIpc) is 2.39. The summed E-state index contributed by atoms with van der Waals surface area (Å²) in [7, 11) is 0.